The standard InChI is InChI=1S/C12H20N2O2/c1-7(2)9-5-4-8(3)6-12(9)10(15)14-11(13)16-12/h7-9H,4-6H2,1-3H3,(H2,13,14,15). The Bertz CT molecular complexity index is 338. The molecule has 0 saturated heterocycles. The van der Waals surface area contributed by atoms with Crippen LogP contribution in [0.2, 0.25) is 0 Å². The fourth-order valence-corrected chi connectivity index (χ4v) is 3.15. The summed E-state index contributed by atoms with van der Waals surface area (Å²) in [7, 11) is 0. The molecule has 1 fully saturated rings. The smallest absolute Gasteiger partial charge is 0.294 e. The lowest BCUT2D eigenvalue weighted by Crippen LogP contribution is -2.51. The van der Waals surface area contributed by atoms with Gasteiger partial charge in [-0.05, 0) is 24.7 Å². The third-order valence-electron chi connectivity index (χ3n) is 3.89. The van der Waals surface area contributed by atoms with Gasteiger partial charge >= 0.3 is 0 Å². The molecule has 4 nitrogen and oxygen atoms in total. The van der Waals surface area contributed by atoms with Crippen LogP contribution in [0.5, 0.6) is 0 Å². The van der Waals surface area contributed by atoms with Gasteiger partial charge in [0.05, 0.1) is 0 Å². The summed E-state index contributed by atoms with van der Waals surface area (Å²) < 4.78 is 5.62. The quantitative estimate of drug-likeness (QED) is 0.737. The first-order chi connectivity index (χ1) is 7.45. The second-order valence-electron chi connectivity index (χ2n) is 5.48. The molecule has 1 amide bonds. The van der Waals surface area contributed by atoms with Crippen LogP contribution in [0.25, 0.3) is 0 Å². The van der Waals surface area contributed by atoms with E-state index in [2.05, 4.69) is 25.8 Å². The van der Waals surface area contributed by atoms with Gasteiger partial charge in [-0.2, -0.15) is 4.99 Å². The summed E-state index contributed by atoms with van der Waals surface area (Å²) in [6.45, 7) is 6.42. The van der Waals surface area contributed by atoms with Crippen LogP contribution in [0.15, 0.2) is 4.99 Å². The predicted octanol–water partition coefficient (Wildman–Crippen LogP) is 1.69. The highest BCUT2D eigenvalue weighted by atomic mass is 16.5. The van der Waals surface area contributed by atoms with E-state index in [1.165, 1.54) is 0 Å². The van der Waals surface area contributed by atoms with Crippen molar-refractivity contribution in [2.45, 2.75) is 45.6 Å². The highest BCUT2D eigenvalue weighted by Gasteiger charge is 2.55. The van der Waals surface area contributed by atoms with Crippen LogP contribution in [0.3, 0.4) is 0 Å². The molecule has 1 spiro atoms. The van der Waals surface area contributed by atoms with Crippen LogP contribution in [0.4, 0.5) is 0 Å². The summed E-state index contributed by atoms with van der Waals surface area (Å²) in [4.78, 5) is 15.8. The molecule has 1 saturated carbocycles. The Kier molecular flexibility index (Phi) is 2.68. The Morgan fingerprint density at radius 1 is 1.50 bits per heavy atom. The minimum atomic E-state index is -0.754. The van der Waals surface area contributed by atoms with Crippen LogP contribution < -0.4 is 5.73 Å². The van der Waals surface area contributed by atoms with E-state index in [1.54, 1.807) is 0 Å². The first-order valence-corrected chi connectivity index (χ1v) is 6.03. The van der Waals surface area contributed by atoms with Gasteiger partial charge in [0.2, 0.25) is 0 Å². The predicted molar refractivity (Wildman–Crippen MR) is 61.8 cm³/mol. The Hall–Kier alpha value is -1.06. The average Bonchev–Trinajstić information content (AvgIpc) is 2.41. The molecule has 16 heavy (non-hydrogen) atoms. The van der Waals surface area contributed by atoms with E-state index >= 15 is 0 Å². The number of hydrogen-bond acceptors (Lipinski definition) is 3. The van der Waals surface area contributed by atoms with Crippen LogP contribution in [0, 0.1) is 17.8 Å². The van der Waals surface area contributed by atoms with E-state index in [4.69, 9.17) is 10.5 Å². The number of nitrogens with zero attached hydrogens (tertiary/aromatic N) is 1. The number of rotatable bonds is 1. The monoisotopic (exact) mass is 224 g/mol. The van der Waals surface area contributed by atoms with Gasteiger partial charge in [0.1, 0.15) is 0 Å². The maximum atomic E-state index is 12.0. The minimum absolute atomic E-state index is 0.0461. The molecule has 0 radical (unpaired) electrons. The van der Waals surface area contributed by atoms with E-state index < -0.39 is 5.60 Å². The first kappa shape index (κ1) is 11.4. The van der Waals surface area contributed by atoms with Crippen molar-refractivity contribution in [3.05, 3.63) is 0 Å². The highest BCUT2D eigenvalue weighted by molar-refractivity contribution is 6.01. The fraction of sp³-hybridized carbons (Fsp3) is 0.833. The summed E-state index contributed by atoms with van der Waals surface area (Å²) >= 11 is 0. The zero-order valence-electron chi connectivity index (χ0n) is 10.2. The Labute approximate surface area is 96.3 Å². The van der Waals surface area contributed by atoms with Crippen molar-refractivity contribution >= 4 is 11.9 Å². The van der Waals surface area contributed by atoms with Crippen molar-refractivity contribution in [3.8, 4) is 0 Å². The van der Waals surface area contributed by atoms with E-state index in [1.807, 2.05) is 0 Å². The molecule has 0 aromatic carbocycles. The molecule has 2 aliphatic rings. The number of aliphatic imine (C=N–C) groups is 1. The number of nitrogens with two attached hydrogens (primary N) is 1. The van der Waals surface area contributed by atoms with E-state index in [-0.39, 0.29) is 17.8 Å². The van der Waals surface area contributed by atoms with Crippen molar-refractivity contribution in [2.75, 3.05) is 0 Å². The lowest BCUT2D eigenvalue weighted by molar-refractivity contribution is -0.143. The van der Waals surface area contributed by atoms with Gasteiger partial charge in [-0.1, -0.05) is 27.2 Å². The summed E-state index contributed by atoms with van der Waals surface area (Å²) in [5.74, 6) is 0.980. The summed E-state index contributed by atoms with van der Waals surface area (Å²) in [6.07, 6.45) is 2.92. The average molecular weight is 224 g/mol. The SMILES string of the molecule is CC1CCC(C(C)C)C2(C1)OC(N)=NC2=O. The number of carbonyl (C=O) groups excluding carboxylic acids is 1. The molecular weight excluding hydrogens is 204 g/mol. The molecule has 4 heteroatoms. The molecule has 3 atom stereocenters. The molecule has 0 aromatic heterocycles. The second-order valence-corrected chi connectivity index (χ2v) is 5.48. The third-order valence-corrected chi connectivity index (χ3v) is 3.89. The molecule has 1 aliphatic heterocycles. The lowest BCUT2D eigenvalue weighted by Gasteiger charge is -2.42. The zero-order chi connectivity index (χ0) is 11.9. The van der Waals surface area contributed by atoms with Gasteiger partial charge in [-0.25, -0.2) is 0 Å². The van der Waals surface area contributed by atoms with Crippen molar-refractivity contribution in [1.82, 2.24) is 0 Å². The normalized spacial score (nSPS) is 39.0. The minimum Gasteiger partial charge on any atom is -0.448 e. The number of ether oxygens (including phenoxy) is 1. The van der Waals surface area contributed by atoms with Gasteiger partial charge in [-0.15, -0.1) is 0 Å². The highest BCUT2D eigenvalue weighted by Crippen LogP contribution is 2.45. The van der Waals surface area contributed by atoms with Gasteiger partial charge < -0.3 is 10.5 Å². The van der Waals surface area contributed by atoms with Gasteiger partial charge in [0, 0.05) is 5.92 Å². The van der Waals surface area contributed by atoms with E-state index in [9.17, 15) is 4.79 Å². The largest absolute Gasteiger partial charge is 0.448 e. The van der Waals surface area contributed by atoms with Crippen molar-refractivity contribution in [3.63, 3.8) is 0 Å². The Morgan fingerprint density at radius 2 is 2.19 bits per heavy atom. The molecule has 90 valence electrons. The topological polar surface area (TPSA) is 64.7 Å². The maximum absolute atomic E-state index is 12.0. The van der Waals surface area contributed by atoms with Gasteiger partial charge in [-0.3, -0.25) is 4.79 Å². The third kappa shape index (κ3) is 1.60. The molecule has 1 aliphatic carbocycles. The second kappa shape index (κ2) is 3.75. The molecule has 3 unspecified atom stereocenters. The van der Waals surface area contributed by atoms with E-state index in [0.29, 0.717) is 11.8 Å². The van der Waals surface area contributed by atoms with Crippen molar-refractivity contribution in [2.24, 2.45) is 28.5 Å². The van der Waals surface area contributed by atoms with Gasteiger partial charge in [0.15, 0.2) is 5.60 Å². The molecule has 2 N–H and O–H groups in total. The van der Waals surface area contributed by atoms with Crippen molar-refractivity contribution in [1.29, 1.82) is 0 Å². The molecule has 1 heterocycles. The summed E-state index contributed by atoms with van der Waals surface area (Å²) in [5.41, 5.74) is 4.79. The van der Waals surface area contributed by atoms with Crippen molar-refractivity contribution < 1.29 is 9.53 Å². The van der Waals surface area contributed by atoms with Crippen LogP contribution in [-0.4, -0.2) is 17.5 Å². The Balaban J connectivity index is 2.31. The summed E-state index contributed by atoms with van der Waals surface area (Å²) in [5, 5.41) is 0. The molecule has 2 rings (SSSR count). The number of hydrogen-bond donors (Lipinski definition) is 1. The molecular formula is C12H20N2O2. The van der Waals surface area contributed by atoms with Gasteiger partial charge in [0.25, 0.3) is 11.9 Å². The summed E-state index contributed by atoms with van der Waals surface area (Å²) in [6, 6.07) is 0.0461. The fourth-order valence-electron chi connectivity index (χ4n) is 3.15. The number of amidine groups is 1. The molecule has 0 bridgehead atoms. The lowest BCUT2D eigenvalue weighted by atomic mass is 9.66. The maximum Gasteiger partial charge on any atom is 0.294 e. The van der Waals surface area contributed by atoms with E-state index in [0.717, 1.165) is 19.3 Å². The number of amides is 1. The Morgan fingerprint density at radius 3 is 2.69 bits per heavy atom. The number of carbonyl (C=O) groups is 1. The van der Waals surface area contributed by atoms with Crippen LogP contribution in [-0.2, 0) is 9.53 Å². The first-order valence-electron chi connectivity index (χ1n) is 6.03. The zero-order valence-corrected chi connectivity index (χ0v) is 10.2. The molecule has 0 aromatic rings. The van der Waals surface area contributed by atoms with Crippen LogP contribution >= 0.6 is 0 Å². The van der Waals surface area contributed by atoms with Crippen LogP contribution in [0.1, 0.15) is 40.0 Å².